The fraction of sp³-hybridized carbons (Fsp3) is 0.176. The summed E-state index contributed by atoms with van der Waals surface area (Å²) in [7, 11) is 0. The molecule has 0 amide bonds. The van der Waals surface area contributed by atoms with Crippen molar-refractivity contribution in [1.29, 1.82) is 5.26 Å². The molecule has 0 bridgehead atoms. The van der Waals surface area contributed by atoms with E-state index in [2.05, 4.69) is 16.2 Å². The third-order valence-electron chi connectivity index (χ3n) is 7.52. The molecule has 3 N–H and O–H groups in total. The van der Waals surface area contributed by atoms with Crippen molar-refractivity contribution in [3.8, 4) is 6.07 Å². The molecular weight excluding hydrogens is 590 g/mol. The second kappa shape index (κ2) is 14.1. The van der Waals surface area contributed by atoms with Crippen LogP contribution in [0.1, 0.15) is 33.1 Å². The number of carbonyl (C=O) groups excluding carboxylic acids is 2. The van der Waals surface area contributed by atoms with Crippen LogP contribution in [0.3, 0.4) is 0 Å². The maximum Gasteiger partial charge on any atom is 0.338 e. The van der Waals surface area contributed by atoms with Crippen LogP contribution in [0.25, 0.3) is 5.52 Å². The van der Waals surface area contributed by atoms with Crippen molar-refractivity contribution < 1.29 is 33.7 Å². The highest BCUT2D eigenvalue weighted by molar-refractivity contribution is 5.89. The third kappa shape index (κ3) is 6.40. The van der Waals surface area contributed by atoms with Crippen molar-refractivity contribution in [2.75, 3.05) is 12.3 Å². The van der Waals surface area contributed by atoms with Gasteiger partial charge in [0.15, 0.2) is 11.9 Å². The van der Waals surface area contributed by atoms with Gasteiger partial charge < -0.3 is 25.1 Å². The number of hydrogen-bond acceptors (Lipinski definition) is 10. The molecule has 6 rings (SSSR count). The average Bonchev–Trinajstić information content (AvgIpc) is 3.66. The molecule has 12 nitrogen and oxygen atoms in total. The monoisotopic (exact) mass is 619 g/mol. The van der Waals surface area contributed by atoms with Crippen LogP contribution in [0.4, 0.5) is 5.82 Å². The Bertz CT molecular complexity index is 1840. The molecule has 232 valence electrons. The van der Waals surface area contributed by atoms with Gasteiger partial charge in [0, 0.05) is 0 Å². The van der Waals surface area contributed by atoms with E-state index in [0.29, 0.717) is 16.8 Å². The number of ether oxygens (including phenoxy) is 3. The summed E-state index contributed by atoms with van der Waals surface area (Å²) >= 11 is 0. The third-order valence-corrected chi connectivity index (χ3v) is 7.52. The number of fused-ring (bicyclic) bond motifs is 1. The summed E-state index contributed by atoms with van der Waals surface area (Å²) in [5.74, 6) is -1.58. The maximum absolute atomic E-state index is 13.5. The molecule has 1 aliphatic heterocycles. The number of nitrogen functional groups attached to an aromatic ring is 1. The molecular formula is C34H29N5O7. The van der Waals surface area contributed by atoms with E-state index in [0.717, 1.165) is 11.1 Å². The maximum atomic E-state index is 13.5. The van der Waals surface area contributed by atoms with Crippen molar-refractivity contribution in [2.24, 2.45) is 0 Å². The lowest BCUT2D eigenvalue weighted by Gasteiger charge is -2.29. The van der Waals surface area contributed by atoms with E-state index >= 15 is 0 Å². The molecule has 1 aliphatic rings. The van der Waals surface area contributed by atoms with Gasteiger partial charge in [0.2, 0.25) is 5.60 Å². The van der Waals surface area contributed by atoms with Crippen molar-refractivity contribution in [3.05, 3.63) is 132 Å². The molecule has 0 spiro atoms. The van der Waals surface area contributed by atoms with Gasteiger partial charge in [-0.2, -0.15) is 10.4 Å². The van der Waals surface area contributed by atoms with Gasteiger partial charge in [-0.05, 0) is 35.4 Å². The Balaban J connectivity index is 0.00000134. The predicted octanol–water partition coefficient (Wildman–Crippen LogP) is 3.93. The minimum atomic E-state index is -1.85. The molecule has 12 heteroatoms. The lowest BCUT2D eigenvalue weighted by Crippen LogP contribution is -2.41. The van der Waals surface area contributed by atoms with Crippen LogP contribution in [0.5, 0.6) is 0 Å². The van der Waals surface area contributed by atoms with Crippen LogP contribution in [0, 0.1) is 11.3 Å². The molecule has 0 aliphatic carbocycles. The lowest BCUT2D eigenvalue weighted by atomic mass is 9.82. The first-order valence-corrected chi connectivity index (χ1v) is 14.2. The summed E-state index contributed by atoms with van der Waals surface area (Å²) in [5.41, 5.74) is 6.85. The Labute approximate surface area is 263 Å². The number of rotatable bonds is 8. The number of carboxylic acid groups (broad SMARTS) is 1. The Morgan fingerprint density at radius 1 is 1.00 bits per heavy atom. The van der Waals surface area contributed by atoms with E-state index < -0.39 is 35.7 Å². The van der Waals surface area contributed by atoms with Crippen molar-refractivity contribution in [1.82, 2.24) is 14.6 Å². The molecule has 5 aromatic rings. The molecule has 2 unspecified atom stereocenters. The second-order valence-electron chi connectivity index (χ2n) is 10.2. The molecule has 3 heterocycles. The molecule has 1 fully saturated rings. The van der Waals surface area contributed by atoms with Crippen LogP contribution in [-0.4, -0.2) is 56.9 Å². The normalized spacial score (nSPS) is 20.1. The first-order chi connectivity index (χ1) is 22.4. The molecule has 2 aromatic heterocycles. The first kappa shape index (κ1) is 31.4. The Hall–Kier alpha value is -6.06. The molecule has 1 saturated heterocycles. The number of benzene rings is 3. The summed E-state index contributed by atoms with van der Waals surface area (Å²) in [5, 5.41) is 22.1. The second-order valence-corrected chi connectivity index (χ2v) is 10.2. The largest absolute Gasteiger partial charge is 0.483 e. The van der Waals surface area contributed by atoms with Gasteiger partial charge in [-0.25, -0.2) is 14.3 Å². The number of carbonyl (C=O) groups is 3. The topological polar surface area (TPSA) is 179 Å². The number of anilines is 1. The van der Waals surface area contributed by atoms with E-state index in [-0.39, 0.29) is 25.3 Å². The van der Waals surface area contributed by atoms with Crippen molar-refractivity contribution in [3.63, 3.8) is 0 Å². The summed E-state index contributed by atoms with van der Waals surface area (Å²) < 4.78 is 19.9. The Morgan fingerprint density at radius 3 is 2.28 bits per heavy atom. The number of aromatic nitrogens is 3. The zero-order chi connectivity index (χ0) is 32.5. The summed E-state index contributed by atoms with van der Waals surface area (Å²) in [4.78, 5) is 38.8. The fourth-order valence-electron chi connectivity index (χ4n) is 5.52. The molecule has 0 saturated carbocycles. The van der Waals surface area contributed by atoms with E-state index in [1.807, 2.05) is 60.7 Å². The predicted molar refractivity (Wildman–Crippen MR) is 164 cm³/mol. The van der Waals surface area contributed by atoms with Crippen molar-refractivity contribution >= 4 is 29.7 Å². The minimum Gasteiger partial charge on any atom is -0.483 e. The number of nitrogens with two attached hydrogens (primary N) is 1. The van der Waals surface area contributed by atoms with E-state index in [9.17, 15) is 14.9 Å². The average molecular weight is 620 g/mol. The summed E-state index contributed by atoms with van der Waals surface area (Å²) in [6.07, 6.45) is -0.687. The van der Waals surface area contributed by atoms with Gasteiger partial charge in [0.25, 0.3) is 6.47 Å². The zero-order valence-electron chi connectivity index (χ0n) is 24.4. The number of esters is 2. The summed E-state index contributed by atoms with van der Waals surface area (Å²) in [6, 6.07) is 32.6. The SMILES string of the molecule is N#C[C@@]1(c2ccc3c(N)ncnn23)O[C@H](COC(=O)Cc2ccccc2)C(c2ccccc2)C1OC(=O)c1ccccc1.O=CO. The highest BCUT2D eigenvalue weighted by Crippen LogP contribution is 2.49. The smallest absolute Gasteiger partial charge is 0.338 e. The first-order valence-electron chi connectivity index (χ1n) is 14.2. The highest BCUT2D eigenvalue weighted by Gasteiger charge is 2.61. The highest BCUT2D eigenvalue weighted by atomic mass is 16.6. The standard InChI is InChI=1S/C33H27N5O5.CH2O2/c34-20-33(27-17-16-25-31(35)36-21-37-38(25)27)30(42-32(40)24-14-8-3-9-15-24)29(23-12-6-2-7-13-23)26(43-33)19-41-28(39)18-22-10-4-1-5-11-22;2-1-3/h1-17,21,26,29-30H,18-19H2,(H2,35,36,37);1H,(H,2,3)/t26-,29?,30?,33+;/m1./s1. The van der Waals surface area contributed by atoms with Crippen LogP contribution >= 0.6 is 0 Å². The van der Waals surface area contributed by atoms with Gasteiger partial charge in [-0.3, -0.25) is 9.59 Å². The Morgan fingerprint density at radius 2 is 1.63 bits per heavy atom. The molecule has 46 heavy (non-hydrogen) atoms. The zero-order valence-corrected chi connectivity index (χ0v) is 24.4. The quantitative estimate of drug-likeness (QED) is 0.190. The van der Waals surface area contributed by atoms with E-state index in [4.69, 9.17) is 29.8 Å². The lowest BCUT2D eigenvalue weighted by molar-refractivity contribution is -0.148. The number of nitriles is 1. The molecule has 3 aromatic carbocycles. The molecule has 0 radical (unpaired) electrons. The van der Waals surface area contributed by atoms with Crippen LogP contribution < -0.4 is 5.73 Å². The Kier molecular flexibility index (Phi) is 9.65. The van der Waals surface area contributed by atoms with Crippen LogP contribution in [-0.2, 0) is 35.8 Å². The number of hydrogen-bond donors (Lipinski definition) is 2. The van der Waals surface area contributed by atoms with Gasteiger partial charge in [0.1, 0.15) is 30.6 Å². The van der Waals surface area contributed by atoms with Gasteiger partial charge >= 0.3 is 11.9 Å². The van der Waals surface area contributed by atoms with Crippen LogP contribution in [0.2, 0.25) is 0 Å². The number of nitrogens with zero attached hydrogens (tertiary/aromatic N) is 4. The summed E-state index contributed by atoms with van der Waals surface area (Å²) in [6.45, 7) is -0.436. The van der Waals surface area contributed by atoms with E-state index in [1.165, 1.54) is 10.8 Å². The van der Waals surface area contributed by atoms with Crippen molar-refractivity contribution in [2.45, 2.75) is 30.1 Å². The van der Waals surface area contributed by atoms with Crippen LogP contribution in [0.15, 0.2) is 109 Å². The minimum absolute atomic E-state index is 0.0684. The molecule has 4 atom stereocenters. The fourth-order valence-corrected chi connectivity index (χ4v) is 5.52. The van der Waals surface area contributed by atoms with E-state index in [1.54, 1.807) is 42.5 Å². The van der Waals surface area contributed by atoms with Gasteiger partial charge in [-0.1, -0.05) is 78.9 Å². The van der Waals surface area contributed by atoms with Gasteiger partial charge in [0.05, 0.1) is 23.6 Å². The van der Waals surface area contributed by atoms with Gasteiger partial charge in [-0.15, -0.1) is 0 Å².